The number of anilines is 2. The molecule has 0 spiro atoms. The molecular weight excluding hydrogens is 327 g/mol. The van der Waals surface area contributed by atoms with E-state index in [1.807, 2.05) is 0 Å². The van der Waals surface area contributed by atoms with E-state index in [0.29, 0.717) is 0 Å². The first-order chi connectivity index (χ1) is 12.1. The van der Waals surface area contributed by atoms with Gasteiger partial charge in [-0.25, -0.2) is 18.2 Å². The van der Waals surface area contributed by atoms with Crippen LogP contribution >= 0.6 is 0 Å². The summed E-state index contributed by atoms with van der Waals surface area (Å²) in [6, 6.07) is 17.7. The number of hydrogen-bond acceptors (Lipinski definition) is 1. The Hall–Kier alpha value is -3.28. The standard InChI is InChI=1S/C19H14F3N3/c20-13-7-1-4-10-16(13)23-19(24-17-11-5-2-8-14(17)21)25-18-12-6-3-9-15(18)22/h1-12H,(H2,23,24,25). The highest BCUT2D eigenvalue weighted by Crippen LogP contribution is 2.20. The van der Waals surface area contributed by atoms with Gasteiger partial charge in [-0.1, -0.05) is 36.4 Å². The van der Waals surface area contributed by atoms with Gasteiger partial charge < -0.3 is 10.6 Å². The third kappa shape index (κ3) is 4.17. The Bertz CT molecular complexity index is 860. The summed E-state index contributed by atoms with van der Waals surface area (Å²) in [6.45, 7) is 0. The number of halogens is 3. The monoisotopic (exact) mass is 341 g/mol. The van der Waals surface area contributed by atoms with E-state index in [-0.39, 0.29) is 23.0 Å². The average Bonchev–Trinajstić information content (AvgIpc) is 2.61. The molecule has 0 unspecified atom stereocenters. The number of guanidine groups is 1. The topological polar surface area (TPSA) is 36.4 Å². The minimum absolute atomic E-state index is 0.0136. The average molecular weight is 341 g/mol. The van der Waals surface area contributed by atoms with Crippen LogP contribution in [-0.2, 0) is 0 Å². The molecule has 0 bridgehead atoms. The first-order valence-electron chi connectivity index (χ1n) is 7.50. The van der Waals surface area contributed by atoms with Gasteiger partial charge in [-0.2, -0.15) is 0 Å². The zero-order valence-corrected chi connectivity index (χ0v) is 13.0. The van der Waals surface area contributed by atoms with Crippen molar-refractivity contribution in [3.05, 3.63) is 90.2 Å². The van der Waals surface area contributed by atoms with Gasteiger partial charge in [0.15, 0.2) is 0 Å². The number of benzene rings is 3. The van der Waals surface area contributed by atoms with E-state index in [9.17, 15) is 13.2 Å². The fourth-order valence-corrected chi connectivity index (χ4v) is 2.13. The van der Waals surface area contributed by atoms with Gasteiger partial charge in [-0.3, -0.25) is 0 Å². The third-order valence-electron chi connectivity index (χ3n) is 3.34. The maximum atomic E-state index is 13.9. The van der Waals surface area contributed by atoms with E-state index in [2.05, 4.69) is 15.6 Å². The summed E-state index contributed by atoms with van der Waals surface area (Å²) in [5.74, 6) is -1.59. The molecule has 0 aliphatic heterocycles. The second-order valence-electron chi connectivity index (χ2n) is 5.12. The van der Waals surface area contributed by atoms with E-state index in [0.717, 1.165) is 0 Å². The number of rotatable bonds is 3. The van der Waals surface area contributed by atoms with Crippen molar-refractivity contribution in [2.45, 2.75) is 0 Å². The molecule has 0 saturated heterocycles. The van der Waals surface area contributed by atoms with Crippen molar-refractivity contribution >= 4 is 23.0 Å². The predicted octanol–water partition coefficient (Wildman–Crippen LogP) is 5.32. The minimum atomic E-state index is -0.550. The molecular formula is C19H14F3N3. The smallest absolute Gasteiger partial charge is 0.205 e. The highest BCUT2D eigenvalue weighted by Gasteiger charge is 2.09. The number of nitrogens with zero attached hydrogens (tertiary/aromatic N) is 1. The van der Waals surface area contributed by atoms with E-state index < -0.39 is 17.5 Å². The number of hydrogen-bond donors (Lipinski definition) is 2. The first kappa shape index (κ1) is 16.6. The van der Waals surface area contributed by atoms with Gasteiger partial charge >= 0.3 is 0 Å². The van der Waals surface area contributed by atoms with Gasteiger partial charge in [0.05, 0.1) is 11.4 Å². The zero-order chi connectivity index (χ0) is 17.6. The van der Waals surface area contributed by atoms with Crippen LogP contribution in [-0.4, -0.2) is 5.96 Å². The number of aliphatic imine (C=N–C) groups is 1. The summed E-state index contributed by atoms with van der Waals surface area (Å²) < 4.78 is 41.7. The molecule has 3 aromatic carbocycles. The maximum absolute atomic E-state index is 13.9. The van der Waals surface area contributed by atoms with Crippen LogP contribution in [0.4, 0.5) is 30.2 Å². The Morgan fingerprint density at radius 1 is 0.600 bits per heavy atom. The van der Waals surface area contributed by atoms with Gasteiger partial charge in [-0.05, 0) is 36.4 Å². The highest BCUT2D eigenvalue weighted by molar-refractivity contribution is 6.05. The number of nitrogens with one attached hydrogen (secondary N) is 2. The molecule has 25 heavy (non-hydrogen) atoms. The molecule has 0 saturated carbocycles. The molecule has 6 heteroatoms. The molecule has 0 heterocycles. The normalized spacial score (nSPS) is 10.2. The zero-order valence-electron chi connectivity index (χ0n) is 13.0. The quantitative estimate of drug-likeness (QED) is 0.500. The van der Waals surface area contributed by atoms with Gasteiger partial charge in [0.2, 0.25) is 5.96 Å². The van der Waals surface area contributed by atoms with Crippen molar-refractivity contribution in [3.8, 4) is 0 Å². The van der Waals surface area contributed by atoms with E-state index >= 15 is 0 Å². The molecule has 0 aliphatic rings. The fourth-order valence-electron chi connectivity index (χ4n) is 2.13. The van der Waals surface area contributed by atoms with Crippen molar-refractivity contribution < 1.29 is 13.2 Å². The summed E-state index contributed by atoms with van der Waals surface area (Å²) in [5.41, 5.74) is 0.285. The number of para-hydroxylation sites is 3. The van der Waals surface area contributed by atoms with Crippen molar-refractivity contribution in [2.75, 3.05) is 10.6 Å². The van der Waals surface area contributed by atoms with Crippen molar-refractivity contribution in [2.24, 2.45) is 4.99 Å². The van der Waals surface area contributed by atoms with Crippen LogP contribution in [0.1, 0.15) is 0 Å². The van der Waals surface area contributed by atoms with Crippen LogP contribution < -0.4 is 10.6 Å². The van der Waals surface area contributed by atoms with Gasteiger partial charge in [0.1, 0.15) is 23.1 Å². The largest absolute Gasteiger partial charge is 0.323 e. The van der Waals surface area contributed by atoms with E-state index in [1.54, 1.807) is 30.3 Å². The van der Waals surface area contributed by atoms with Gasteiger partial charge in [-0.15, -0.1) is 0 Å². The Balaban J connectivity index is 1.98. The lowest BCUT2D eigenvalue weighted by atomic mass is 10.3. The first-order valence-corrected chi connectivity index (χ1v) is 7.50. The summed E-state index contributed by atoms with van der Waals surface area (Å²) in [7, 11) is 0. The second kappa shape index (κ2) is 7.53. The lowest BCUT2D eigenvalue weighted by Crippen LogP contribution is -2.23. The van der Waals surface area contributed by atoms with E-state index in [1.165, 1.54) is 42.5 Å². The fraction of sp³-hybridized carbons (Fsp3) is 0. The Morgan fingerprint density at radius 3 is 1.52 bits per heavy atom. The minimum Gasteiger partial charge on any atom is -0.323 e. The van der Waals surface area contributed by atoms with Gasteiger partial charge in [0, 0.05) is 0 Å². The van der Waals surface area contributed by atoms with Crippen LogP contribution in [0.3, 0.4) is 0 Å². The Kier molecular flexibility index (Phi) is 4.99. The molecule has 126 valence electrons. The summed E-state index contributed by atoms with van der Waals surface area (Å²) in [5, 5.41) is 5.46. The molecule has 0 aliphatic carbocycles. The summed E-state index contributed by atoms with van der Waals surface area (Å²) in [6.07, 6.45) is 0. The summed E-state index contributed by atoms with van der Waals surface area (Å²) in [4.78, 5) is 4.12. The van der Waals surface area contributed by atoms with Crippen LogP contribution in [0.25, 0.3) is 0 Å². The van der Waals surface area contributed by atoms with Crippen LogP contribution in [0.2, 0.25) is 0 Å². The van der Waals surface area contributed by atoms with Crippen molar-refractivity contribution in [1.82, 2.24) is 0 Å². The van der Waals surface area contributed by atoms with Crippen molar-refractivity contribution in [1.29, 1.82) is 0 Å². The molecule has 3 aromatic rings. The lowest BCUT2D eigenvalue weighted by molar-refractivity contribution is 0.629. The Labute approximate surface area is 142 Å². The predicted molar refractivity (Wildman–Crippen MR) is 93.5 cm³/mol. The molecule has 0 fully saturated rings. The molecule has 0 amide bonds. The van der Waals surface area contributed by atoms with Crippen LogP contribution in [0.5, 0.6) is 0 Å². The van der Waals surface area contributed by atoms with E-state index in [4.69, 9.17) is 0 Å². The van der Waals surface area contributed by atoms with Crippen LogP contribution in [0.15, 0.2) is 77.8 Å². The SMILES string of the molecule is Fc1ccccc1N=C(Nc1ccccc1F)Nc1ccccc1F. The molecule has 3 rings (SSSR count). The van der Waals surface area contributed by atoms with Crippen LogP contribution in [0, 0.1) is 17.5 Å². The highest BCUT2D eigenvalue weighted by atomic mass is 19.1. The molecule has 3 nitrogen and oxygen atoms in total. The maximum Gasteiger partial charge on any atom is 0.205 e. The molecule has 0 radical (unpaired) electrons. The Morgan fingerprint density at radius 2 is 1.04 bits per heavy atom. The lowest BCUT2D eigenvalue weighted by Gasteiger charge is -2.14. The molecule has 0 atom stereocenters. The van der Waals surface area contributed by atoms with Gasteiger partial charge in [0.25, 0.3) is 0 Å². The molecule has 0 aromatic heterocycles. The second-order valence-corrected chi connectivity index (χ2v) is 5.12. The molecule has 2 N–H and O–H groups in total. The summed E-state index contributed by atoms with van der Waals surface area (Å²) >= 11 is 0. The van der Waals surface area contributed by atoms with Crippen molar-refractivity contribution in [3.63, 3.8) is 0 Å². The third-order valence-corrected chi connectivity index (χ3v) is 3.34.